The molecule has 3 rings (SSSR count). The van der Waals surface area contributed by atoms with E-state index in [-0.39, 0.29) is 11.7 Å². The second-order valence-corrected chi connectivity index (χ2v) is 5.58. The summed E-state index contributed by atoms with van der Waals surface area (Å²) >= 11 is 1.54. The number of carbonyl (C=O) groups is 1. The van der Waals surface area contributed by atoms with Crippen molar-refractivity contribution in [2.75, 3.05) is 14.2 Å². The Bertz CT molecular complexity index is 570. The molecule has 0 unspecified atom stereocenters. The molecular weight excluding hydrogens is 272 g/mol. The number of carbonyl (C=O) groups excluding carboxylic acids is 1. The van der Waals surface area contributed by atoms with Crippen LogP contribution in [0.2, 0.25) is 0 Å². The zero-order chi connectivity index (χ0) is 14.7. The van der Waals surface area contributed by atoms with Gasteiger partial charge in [-0.05, 0) is 30.4 Å². The second kappa shape index (κ2) is 6.27. The molecule has 0 atom stereocenters. The molecule has 0 radical (unpaired) electrons. The molecule has 1 heterocycles. The summed E-state index contributed by atoms with van der Waals surface area (Å²) in [5, 5.41) is 1.04. The number of hydrogen-bond acceptors (Lipinski definition) is 4. The Labute approximate surface area is 123 Å². The molecular formula is C16H20O3S. The number of Topliss-reactive ketones (excluding diaryl/α,β-unsaturated/α-hetero) is 1. The standard InChI is InChI=1S/C14H14O3S.C2H6/c1-16-10-5-9-6-13(14(15)8-3-4-8)18-12(9)7-11(10)17-2;1-2/h5-8H,3-4H2,1-2H3;1-2H3. The molecule has 1 aliphatic carbocycles. The normalized spacial score (nSPS) is 13.6. The molecule has 0 aliphatic heterocycles. The van der Waals surface area contributed by atoms with Crippen molar-refractivity contribution in [2.45, 2.75) is 26.7 Å². The average Bonchev–Trinajstić information content (AvgIpc) is 3.26. The molecule has 0 N–H and O–H groups in total. The number of fused-ring (bicyclic) bond motifs is 1. The van der Waals surface area contributed by atoms with Gasteiger partial charge in [-0.25, -0.2) is 0 Å². The van der Waals surface area contributed by atoms with Gasteiger partial charge in [-0.1, -0.05) is 13.8 Å². The van der Waals surface area contributed by atoms with Gasteiger partial charge in [-0.3, -0.25) is 4.79 Å². The summed E-state index contributed by atoms with van der Waals surface area (Å²) in [6.45, 7) is 4.00. The van der Waals surface area contributed by atoms with Crippen LogP contribution in [0.15, 0.2) is 18.2 Å². The highest BCUT2D eigenvalue weighted by atomic mass is 32.1. The first kappa shape index (κ1) is 14.9. The quantitative estimate of drug-likeness (QED) is 0.776. The molecule has 1 saturated carbocycles. The number of rotatable bonds is 4. The minimum Gasteiger partial charge on any atom is -0.493 e. The van der Waals surface area contributed by atoms with Crippen LogP contribution in [-0.4, -0.2) is 20.0 Å². The number of thiophene rings is 1. The Morgan fingerprint density at radius 3 is 2.25 bits per heavy atom. The third-order valence-corrected chi connectivity index (χ3v) is 4.33. The predicted octanol–water partition coefficient (Wildman–Crippen LogP) is 4.54. The molecule has 0 amide bonds. The highest BCUT2D eigenvalue weighted by Crippen LogP contribution is 2.39. The maximum absolute atomic E-state index is 12.0. The van der Waals surface area contributed by atoms with Gasteiger partial charge in [0.15, 0.2) is 17.3 Å². The lowest BCUT2D eigenvalue weighted by Gasteiger charge is -2.06. The van der Waals surface area contributed by atoms with Crippen molar-refractivity contribution in [3.63, 3.8) is 0 Å². The minimum atomic E-state index is 0.266. The van der Waals surface area contributed by atoms with E-state index < -0.39 is 0 Å². The van der Waals surface area contributed by atoms with Crippen molar-refractivity contribution < 1.29 is 14.3 Å². The summed E-state index contributed by atoms with van der Waals surface area (Å²) in [5.41, 5.74) is 0. The molecule has 1 fully saturated rings. The van der Waals surface area contributed by atoms with Crippen molar-refractivity contribution in [1.29, 1.82) is 0 Å². The van der Waals surface area contributed by atoms with Crippen LogP contribution in [-0.2, 0) is 0 Å². The van der Waals surface area contributed by atoms with E-state index in [1.54, 1.807) is 14.2 Å². The van der Waals surface area contributed by atoms with Gasteiger partial charge in [-0.2, -0.15) is 0 Å². The lowest BCUT2D eigenvalue weighted by Crippen LogP contribution is -1.96. The molecule has 4 heteroatoms. The van der Waals surface area contributed by atoms with E-state index in [1.165, 1.54) is 11.3 Å². The van der Waals surface area contributed by atoms with Crippen molar-refractivity contribution in [3.8, 4) is 11.5 Å². The molecule has 2 aromatic rings. The lowest BCUT2D eigenvalue weighted by atomic mass is 10.2. The van der Waals surface area contributed by atoms with Crippen LogP contribution in [0.25, 0.3) is 10.1 Å². The molecule has 20 heavy (non-hydrogen) atoms. The fraction of sp³-hybridized carbons (Fsp3) is 0.438. The van der Waals surface area contributed by atoms with E-state index in [9.17, 15) is 4.79 Å². The van der Waals surface area contributed by atoms with Crippen molar-refractivity contribution in [3.05, 3.63) is 23.1 Å². The SMILES string of the molecule is CC.COc1cc2cc(C(=O)C3CC3)sc2cc1OC. The topological polar surface area (TPSA) is 35.5 Å². The highest BCUT2D eigenvalue weighted by Gasteiger charge is 2.31. The third kappa shape index (κ3) is 2.80. The molecule has 1 aromatic carbocycles. The van der Waals surface area contributed by atoms with Gasteiger partial charge < -0.3 is 9.47 Å². The van der Waals surface area contributed by atoms with Crippen LogP contribution < -0.4 is 9.47 Å². The molecule has 108 valence electrons. The number of hydrogen-bond donors (Lipinski definition) is 0. The summed E-state index contributed by atoms with van der Waals surface area (Å²) < 4.78 is 11.6. The fourth-order valence-corrected chi connectivity index (χ4v) is 3.13. The van der Waals surface area contributed by atoms with Crippen LogP contribution in [0.3, 0.4) is 0 Å². The molecule has 1 aliphatic rings. The fourth-order valence-electron chi connectivity index (χ4n) is 2.03. The Balaban J connectivity index is 0.000000704. The number of methoxy groups -OCH3 is 2. The Hall–Kier alpha value is -1.55. The van der Waals surface area contributed by atoms with Gasteiger partial charge in [0.05, 0.1) is 19.1 Å². The maximum Gasteiger partial charge on any atom is 0.175 e. The Morgan fingerprint density at radius 1 is 1.10 bits per heavy atom. The summed E-state index contributed by atoms with van der Waals surface area (Å²) in [5.74, 6) is 1.96. The van der Waals surface area contributed by atoms with Gasteiger partial charge >= 0.3 is 0 Å². The Kier molecular flexibility index (Phi) is 4.65. The number of benzene rings is 1. The van der Waals surface area contributed by atoms with Crippen LogP contribution in [0.5, 0.6) is 11.5 Å². The Morgan fingerprint density at radius 2 is 1.70 bits per heavy atom. The maximum atomic E-state index is 12.0. The molecule has 0 spiro atoms. The second-order valence-electron chi connectivity index (χ2n) is 4.49. The van der Waals surface area contributed by atoms with Crippen LogP contribution >= 0.6 is 11.3 Å². The monoisotopic (exact) mass is 292 g/mol. The first-order chi connectivity index (χ1) is 9.72. The van der Waals surface area contributed by atoms with Crippen LogP contribution in [0, 0.1) is 5.92 Å². The van der Waals surface area contributed by atoms with Crippen LogP contribution in [0.4, 0.5) is 0 Å². The summed E-state index contributed by atoms with van der Waals surface area (Å²) in [6, 6.07) is 5.82. The van der Waals surface area contributed by atoms with Gasteiger partial charge in [-0.15, -0.1) is 11.3 Å². The van der Waals surface area contributed by atoms with Gasteiger partial charge in [0.25, 0.3) is 0 Å². The van der Waals surface area contributed by atoms with E-state index in [0.717, 1.165) is 27.8 Å². The average molecular weight is 292 g/mol. The largest absolute Gasteiger partial charge is 0.493 e. The van der Waals surface area contributed by atoms with Gasteiger partial charge in [0.1, 0.15) is 0 Å². The molecule has 3 nitrogen and oxygen atoms in total. The van der Waals surface area contributed by atoms with Crippen molar-refractivity contribution >= 4 is 27.2 Å². The predicted molar refractivity (Wildman–Crippen MR) is 83.3 cm³/mol. The van der Waals surface area contributed by atoms with Crippen LogP contribution in [0.1, 0.15) is 36.4 Å². The smallest absolute Gasteiger partial charge is 0.175 e. The van der Waals surface area contributed by atoms with E-state index in [1.807, 2.05) is 32.0 Å². The van der Waals surface area contributed by atoms with Crippen molar-refractivity contribution in [2.24, 2.45) is 5.92 Å². The van der Waals surface area contributed by atoms with Gasteiger partial charge in [0, 0.05) is 16.7 Å². The zero-order valence-corrected chi connectivity index (χ0v) is 13.2. The number of ether oxygens (including phenoxy) is 2. The van der Waals surface area contributed by atoms with E-state index >= 15 is 0 Å². The molecule has 0 saturated heterocycles. The first-order valence-electron chi connectivity index (χ1n) is 6.92. The van der Waals surface area contributed by atoms with Gasteiger partial charge in [0.2, 0.25) is 0 Å². The first-order valence-corrected chi connectivity index (χ1v) is 7.74. The summed E-state index contributed by atoms with van der Waals surface area (Å²) in [7, 11) is 3.24. The number of ketones is 1. The summed E-state index contributed by atoms with van der Waals surface area (Å²) in [4.78, 5) is 12.9. The van der Waals surface area contributed by atoms with E-state index in [4.69, 9.17) is 9.47 Å². The zero-order valence-electron chi connectivity index (χ0n) is 12.4. The summed E-state index contributed by atoms with van der Waals surface area (Å²) in [6.07, 6.45) is 2.08. The van der Waals surface area contributed by atoms with E-state index in [2.05, 4.69) is 0 Å². The third-order valence-electron chi connectivity index (χ3n) is 3.21. The molecule has 1 aromatic heterocycles. The van der Waals surface area contributed by atoms with E-state index in [0.29, 0.717) is 11.5 Å². The highest BCUT2D eigenvalue weighted by molar-refractivity contribution is 7.20. The minimum absolute atomic E-state index is 0.266. The molecule has 0 bridgehead atoms. The van der Waals surface area contributed by atoms with Crippen molar-refractivity contribution in [1.82, 2.24) is 0 Å². The lowest BCUT2D eigenvalue weighted by molar-refractivity contribution is 0.0971.